The molecule has 7 nitrogen and oxygen atoms in total. The summed E-state index contributed by atoms with van der Waals surface area (Å²) in [6.45, 7) is 2.33. The van der Waals surface area contributed by atoms with Crippen LogP contribution in [-0.4, -0.2) is 55.3 Å². The molecule has 0 spiro atoms. The van der Waals surface area contributed by atoms with E-state index in [0.717, 1.165) is 31.8 Å². The zero-order valence-corrected chi connectivity index (χ0v) is 13.8. The molecule has 20 heavy (non-hydrogen) atoms. The van der Waals surface area contributed by atoms with E-state index in [1.165, 1.54) is 0 Å². The Hall–Kier alpha value is -0.220. The SMILES string of the molecule is CCCCCO[C@@H](CCOS(C)(=O)=O)COS(C)(=O)=O. The van der Waals surface area contributed by atoms with Gasteiger partial charge in [0.2, 0.25) is 0 Å². The van der Waals surface area contributed by atoms with E-state index in [1.807, 2.05) is 0 Å². The maximum Gasteiger partial charge on any atom is 0.264 e. The molecule has 1 atom stereocenters. The minimum atomic E-state index is -3.55. The Bertz CT molecular complexity index is 441. The second-order valence-electron chi connectivity index (χ2n) is 4.50. The van der Waals surface area contributed by atoms with Gasteiger partial charge < -0.3 is 4.74 Å². The molecule has 0 aliphatic rings. The van der Waals surface area contributed by atoms with Crippen molar-refractivity contribution in [3.63, 3.8) is 0 Å². The van der Waals surface area contributed by atoms with Crippen LogP contribution in [0.25, 0.3) is 0 Å². The molecular weight excluding hydrogens is 308 g/mol. The number of hydrogen-bond acceptors (Lipinski definition) is 7. The lowest BCUT2D eigenvalue weighted by Crippen LogP contribution is -2.24. The normalized spacial score (nSPS) is 14.3. The first-order valence-electron chi connectivity index (χ1n) is 6.44. The van der Waals surface area contributed by atoms with Crippen LogP contribution < -0.4 is 0 Å². The Balaban J connectivity index is 4.16. The van der Waals surface area contributed by atoms with E-state index in [2.05, 4.69) is 15.3 Å². The molecule has 0 aromatic carbocycles. The third-order valence-electron chi connectivity index (χ3n) is 2.31. The van der Waals surface area contributed by atoms with Crippen molar-refractivity contribution >= 4 is 20.2 Å². The van der Waals surface area contributed by atoms with Gasteiger partial charge in [0.15, 0.2) is 0 Å². The summed E-state index contributed by atoms with van der Waals surface area (Å²) in [5.74, 6) is 0. The largest absolute Gasteiger partial charge is 0.376 e. The Labute approximate surface area is 121 Å². The highest BCUT2D eigenvalue weighted by atomic mass is 32.2. The van der Waals surface area contributed by atoms with Gasteiger partial charge in [-0.25, -0.2) is 0 Å². The Morgan fingerprint density at radius 3 is 2.00 bits per heavy atom. The predicted molar refractivity (Wildman–Crippen MR) is 75.5 cm³/mol. The monoisotopic (exact) mass is 332 g/mol. The zero-order valence-electron chi connectivity index (χ0n) is 12.2. The van der Waals surface area contributed by atoms with Gasteiger partial charge in [0, 0.05) is 13.0 Å². The van der Waals surface area contributed by atoms with Crippen molar-refractivity contribution in [2.24, 2.45) is 0 Å². The second-order valence-corrected chi connectivity index (χ2v) is 7.79. The van der Waals surface area contributed by atoms with Crippen LogP contribution in [0, 0.1) is 0 Å². The van der Waals surface area contributed by atoms with E-state index >= 15 is 0 Å². The Morgan fingerprint density at radius 1 is 0.900 bits per heavy atom. The van der Waals surface area contributed by atoms with Gasteiger partial charge in [0.05, 0.1) is 31.8 Å². The lowest BCUT2D eigenvalue weighted by atomic mass is 10.2. The summed E-state index contributed by atoms with van der Waals surface area (Å²) in [5, 5.41) is 0. The van der Waals surface area contributed by atoms with Gasteiger partial charge in [0.25, 0.3) is 20.2 Å². The van der Waals surface area contributed by atoms with Gasteiger partial charge in [0.1, 0.15) is 0 Å². The summed E-state index contributed by atoms with van der Waals surface area (Å²) in [7, 11) is -7.05. The minimum absolute atomic E-state index is 0.0651. The molecule has 0 radical (unpaired) electrons. The summed E-state index contributed by atoms with van der Waals surface area (Å²) in [5.41, 5.74) is 0. The van der Waals surface area contributed by atoms with E-state index in [-0.39, 0.29) is 19.6 Å². The van der Waals surface area contributed by atoms with Gasteiger partial charge in [-0.1, -0.05) is 19.8 Å². The standard InChI is InChI=1S/C11H24O7S2/c1-4-5-6-8-16-11(10-18-20(3,14)15)7-9-17-19(2,12)13/h11H,4-10H2,1-3H3/t11-/m0/s1. The molecular formula is C11H24O7S2. The van der Waals surface area contributed by atoms with Crippen LogP contribution in [0.15, 0.2) is 0 Å². The maximum absolute atomic E-state index is 10.9. The first kappa shape index (κ1) is 19.8. The Kier molecular flexibility index (Phi) is 9.56. The molecule has 0 bridgehead atoms. The zero-order chi connectivity index (χ0) is 15.6. The minimum Gasteiger partial charge on any atom is -0.376 e. The van der Waals surface area contributed by atoms with E-state index in [4.69, 9.17) is 4.74 Å². The molecule has 0 fully saturated rings. The van der Waals surface area contributed by atoms with E-state index in [1.54, 1.807) is 0 Å². The summed E-state index contributed by atoms with van der Waals surface area (Å²) in [6, 6.07) is 0. The summed E-state index contributed by atoms with van der Waals surface area (Å²) < 4.78 is 58.3. The molecule has 0 heterocycles. The molecule has 0 aliphatic heterocycles. The molecule has 122 valence electrons. The van der Waals surface area contributed by atoms with Gasteiger partial charge in [-0.3, -0.25) is 8.37 Å². The van der Waals surface area contributed by atoms with Crippen molar-refractivity contribution in [2.45, 2.75) is 38.7 Å². The molecule has 0 aromatic rings. The van der Waals surface area contributed by atoms with Crippen molar-refractivity contribution in [2.75, 3.05) is 32.3 Å². The highest BCUT2D eigenvalue weighted by molar-refractivity contribution is 7.86. The number of unbranched alkanes of at least 4 members (excludes halogenated alkanes) is 2. The molecule has 0 aromatic heterocycles. The van der Waals surface area contributed by atoms with Crippen molar-refractivity contribution < 1.29 is 29.9 Å². The average molecular weight is 332 g/mol. The quantitative estimate of drug-likeness (QED) is 0.387. The lowest BCUT2D eigenvalue weighted by Gasteiger charge is -2.17. The smallest absolute Gasteiger partial charge is 0.264 e. The van der Waals surface area contributed by atoms with Crippen LogP contribution in [0.5, 0.6) is 0 Å². The third kappa shape index (κ3) is 14.2. The van der Waals surface area contributed by atoms with Crippen LogP contribution in [0.1, 0.15) is 32.6 Å². The van der Waals surface area contributed by atoms with Crippen molar-refractivity contribution in [1.29, 1.82) is 0 Å². The van der Waals surface area contributed by atoms with E-state index < -0.39 is 26.3 Å². The summed E-state index contributed by atoms with van der Waals surface area (Å²) in [6.07, 6.45) is 4.56. The van der Waals surface area contributed by atoms with Crippen LogP contribution in [0.3, 0.4) is 0 Å². The lowest BCUT2D eigenvalue weighted by molar-refractivity contribution is 0.00836. The Morgan fingerprint density at radius 2 is 1.50 bits per heavy atom. The van der Waals surface area contributed by atoms with Crippen molar-refractivity contribution in [1.82, 2.24) is 0 Å². The van der Waals surface area contributed by atoms with Crippen LogP contribution in [0.2, 0.25) is 0 Å². The van der Waals surface area contributed by atoms with Gasteiger partial charge >= 0.3 is 0 Å². The third-order valence-corrected chi connectivity index (χ3v) is 3.47. The topological polar surface area (TPSA) is 96.0 Å². The number of rotatable bonds is 12. The fraction of sp³-hybridized carbons (Fsp3) is 1.00. The summed E-state index contributed by atoms with van der Waals surface area (Å²) in [4.78, 5) is 0. The van der Waals surface area contributed by atoms with Crippen LogP contribution in [0.4, 0.5) is 0 Å². The highest BCUT2D eigenvalue weighted by Gasteiger charge is 2.14. The maximum atomic E-state index is 10.9. The molecule has 0 saturated carbocycles. The molecule has 0 amide bonds. The average Bonchev–Trinajstić information content (AvgIpc) is 2.28. The fourth-order valence-electron chi connectivity index (χ4n) is 1.35. The highest BCUT2D eigenvalue weighted by Crippen LogP contribution is 2.06. The van der Waals surface area contributed by atoms with E-state index in [0.29, 0.717) is 6.61 Å². The fourth-order valence-corrected chi connectivity index (χ4v) is 2.15. The molecule has 9 heteroatoms. The molecule has 0 unspecified atom stereocenters. The molecule has 0 rings (SSSR count). The second kappa shape index (κ2) is 9.67. The van der Waals surface area contributed by atoms with Gasteiger partial charge in [-0.2, -0.15) is 16.8 Å². The number of ether oxygens (including phenoxy) is 1. The summed E-state index contributed by atoms with van der Waals surface area (Å²) >= 11 is 0. The van der Waals surface area contributed by atoms with Crippen molar-refractivity contribution in [3.8, 4) is 0 Å². The van der Waals surface area contributed by atoms with E-state index in [9.17, 15) is 16.8 Å². The van der Waals surface area contributed by atoms with Gasteiger partial charge in [-0.15, -0.1) is 0 Å². The van der Waals surface area contributed by atoms with Crippen LogP contribution >= 0.6 is 0 Å². The molecule has 0 aliphatic carbocycles. The predicted octanol–water partition coefficient (Wildman–Crippen LogP) is 0.904. The first-order valence-corrected chi connectivity index (χ1v) is 10.1. The van der Waals surface area contributed by atoms with Crippen molar-refractivity contribution in [3.05, 3.63) is 0 Å². The van der Waals surface area contributed by atoms with Gasteiger partial charge in [-0.05, 0) is 6.42 Å². The molecule has 0 N–H and O–H groups in total. The molecule has 0 saturated heterocycles. The first-order chi connectivity index (χ1) is 9.14. The number of hydrogen-bond donors (Lipinski definition) is 0. The van der Waals surface area contributed by atoms with Crippen LogP contribution in [-0.2, 0) is 33.3 Å².